The molecule has 0 unspecified atom stereocenters. The molecular formula is C30H42N2O2. The van der Waals surface area contributed by atoms with Crippen LogP contribution in [-0.4, -0.2) is 17.1 Å². The standard InChI is InChI=1S/C30H42N2O2/c1-25(2)11-13-30(31)14-12-29(7)23(18(30)16-25)20(33)15-22-27(5)17-19(32-8)24(34)26(3,4)21(27)9-10-28(22,29)6/h17,21-22H,9-16,31H2,1-7H3/t21-,22+,27-,28+,29+,30-/m0/s1. The molecule has 2 radical (unpaired) electrons. The van der Waals surface area contributed by atoms with Crippen molar-refractivity contribution in [2.75, 3.05) is 0 Å². The number of ketones is 2. The highest BCUT2D eigenvalue weighted by Crippen LogP contribution is 2.75. The van der Waals surface area contributed by atoms with Crippen LogP contribution in [0.4, 0.5) is 0 Å². The zero-order valence-corrected chi connectivity index (χ0v) is 22.2. The fourth-order valence-electron chi connectivity index (χ4n) is 9.57. The lowest BCUT2D eigenvalue weighted by molar-refractivity contribution is -0.172. The largest absolute Gasteiger partial charge is 0.325 e. The fraction of sp³-hybridized carbons (Fsp3) is 0.767. The third kappa shape index (κ3) is 2.80. The number of hydrogen-bond acceptors (Lipinski definition) is 3. The second kappa shape index (κ2) is 6.84. The summed E-state index contributed by atoms with van der Waals surface area (Å²) in [7, 11) is 0. The van der Waals surface area contributed by atoms with Crippen LogP contribution in [0, 0.1) is 57.3 Å². The topological polar surface area (TPSA) is 64.5 Å². The monoisotopic (exact) mass is 462 g/mol. The number of nitrogens with two attached hydrogens (primary N) is 1. The van der Waals surface area contributed by atoms with Crippen molar-refractivity contribution in [2.24, 2.45) is 44.6 Å². The lowest BCUT2D eigenvalue weighted by Crippen LogP contribution is -2.69. The minimum absolute atomic E-state index is 0.0280. The lowest BCUT2D eigenvalue weighted by atomic mass is 9.32. The molecule has 0 amide bonds. The maximum atomic E-state index is 14.2. The van der Waals surface area contributed by atoms with Crippen molar-refractivity contribution in [3.05, 3.63) is 35.0 Å². The Kier molecular flexibility index (Phi) is 4.88. The number of hydrogen-bond donors (Lipinski definition) is 1. The van der Waals surface area contributed by atoms with Crippen LogP contribution in [-0.2, 0) is 9.59 Å². The summed E-state index contributed by atoms with van der Waals surface area (Å²) in [6, 6.07) is 0. The summed E-state index contributed by atoms with van der Waals surface area (Å²) in [4.78, 5) is 31.0. The van der Waals surface area contributed by atoms with Crippen molar-refractivity contribution >= 4 is 11.6 Å². The molecular weight excluding hydrogens is 420 g/mol. The molecule has 4 fully saturated rings. The molecule has 0 aliphatic heterocycles. The molecule has 0 heterocycles. The smallest absolute Gasteiger partial charge is 0.226 e. The molecule has 6 atom stereocenters. The average Bonchev–Trinajstić information content (AvgIpc) is 2.74. The van der Waals surface area contributed by atoms with E-state index in [4.69, 9.17) is 12.3 Å². The van der Waals surface area contributed by atoms with Crippen LogP contribution in [0.1, 0.15) is 99.8 Å². The molecule has 5 rings (SSSR count). The van der Waals surface area contributed by atoms with Crippen LogP contribution in [0.2, 0.25) is 0 Å². The second-order valence-corrected chi connectivity index (χ2v) is 14.4. The number of fused-ring (bicyclic) bond motifs is 7. The first-order valence-electron chi connectivity index (χ1n) is 13.3. The number of nitrogens with zero attached hydrogens (tertiary/aromatic N) is 1. The van der Waals surface area contributed by atoms with Crippen molar-refractivity contribution in [2.45, 2.75) is 105 Å². The Morgan fingerprint density at radius 1 is 0.941 bits per heavy atom. The first-order chi connectivity index (χ1) is 15.6. The Labute approximate surface area is 206 Å². The van der Waals surface area contributed by atoms with E-state index in [2.05, 4.69) is 39.5 Å². The SMILES string of the molecule is [C-]#[N+]C1=C[C@]2(C)[C@H]3CC(=O)[C]4[C]5CC(C)(C)CC[C@]5(N)CC[C@@]4(C)[C@]3(C)CC[C@H]2C(C)(C)C1=O. The van der Waals surface area contributed by atoms with E-state index in [0.29, 0.717) is 6.42 Å². The number of carbonyl (C=O) groups is 2. The highest BCUT2D eigenvalue weighted by molar-refractivity contribution is 6.03. The van der Waals surface area contributed by atoms with Crippen molar-refractivity contribution in [3.63, 3.8) is 0 Å². The Balaban J connectivity index is 1.63. The van der Waals surface area contributed by atoms with Gasteiger partial charge in [0.2, 0.25) is 5.70 Å². The molecule has 184 valence electrons. The molecule has 4 saturated carbocycles. The van der Waals surface area contributed by atoms with E-state index in [0.717, 1.165) is 50.9 Å². The zero-order chi connectivity index (χ0) is 25.1. The van der Waals surface area contributed by atoms with Crippen LogP contribution in [0.5, 0.6) is 0 Å². The highest BCUT2D eigenvalue weighted by Gasteiger charge is 2.72. The summed E-state index contributed by atoms with van der Waals surface area (Å²) in [6.45, 7) is 23.4. The molecule has 0 aromatic rings. The molecule has 5 aliphatic carbocycles. The third-order valence-electron chi connectivity index (χ3n) is 11.8. The molecule has 0 aromatic heterocycles. The summed E-state index contributed by atoms with van der Waals surface area (Å²) in [5, 5.41) is 0. The molecule has 5 aliphatic rings. The Morgan fingerprint density at radius 2 is 1.59 bits per heavy atom. The van der Waals surface area contributed by atoms with Gasteiger partial charge in [-0.2, -0.15) is 0 Å². The van der Waals surface area contributed by atoms with E-state index in [1.54, 1.807) is 0 Å². The summed E-state index contributed by atoms with van der Waals surface area (Å²) >= 11 is 0. The minimum Gasteiger partial charge on any atom is -0.325 e. The molecule has 4 nitrogen and oxygen atoms in total. The fourth-order valence-corrected chi connectivity index (χ4v) is 9.57. The molecule has 0 aromatic carbocycles. The molecule has 0 spiro atoms. The van der Waals surface area contributed by atoms with Gasteiger partial charge >= 0.3 is 0 Å². The van der Waals surface area contributed by atoms with Crippen LogP contribution in [0.3, 0.4) is 0 Å². The van der Waals surface area contributed by atoms with Gasteiger partial charge in [0, 0.05) is 23.3 Å². The molecule has 4 heteroatoms. The van der Waals surface area contributed by atoms with Gasteiger partial charge < -0.3 is 10.5 Å². The van der Waals surface area contributed by atoms with E-state index in [-0.39, 0.29) is 56.3 Å². The van der Waals surface area contributed by atoms with E-state index in [9.17, 15) is 9.59 Å². The van der Waals surface area contributed by atoms with Crippen molar-refractivity contribution < 1.29 is 9.59 Å². The van der Waals surface area contributed by atoms with Crippen LogP contribution in [0.25, 0.3) is 4.85 Å². The number of allylic oxidation sites excluding steroid dienone is 2. The van der Waals surface area contributed by atoms with Gasteiger partial charge in [-0.15, -0.1) is 0 Å². The van der Waals surface area contributed by atoms with Gasteiger partial charge in [0.05, 0.1) is 12.5 Å². The van der Waals surface area contributed by atoms with Gasteiger partial charge in [-0.1, -0.05) is 54.5 Å². The first-order valence-corrected chi connectivity index (χ1v) is 13.3. The van der Waals surface area contributed by atoms with Gasteiger partial charge in [-0.3, -0.25) is 4.79 Å². The van der Waals surface area contributed by atoms with Crippen molar-refractivity contribution in [3.8, 4) is 0 Å². The van der Waals surface area contributed by atoms with Gasteiger partial charge in [0.25, 0.3) is 0 Å². The predicted octanol–water partition coefficient (Wildman–Crippen LogP) is 6.27. The van der Waals surface area contributed by atoms with Crippen molar-refractivity contribution in [1.29, 1.82) is 0 Å². The van der Waals surface area contributed by atoms with E-state index in [1.807, 2.05) is 19.9 Å². The zero-order valence-electron chi connectivity index (χ0n) is 22.2. The van der Waals surface area contributed by atoms with Crippen LogP contribution < -0.4 is 5.73 Å². The van der Waals surface area contributed by atoms with Gasteiger partial charge in [-0.05, 0) is 78.4 Å². The number of Topliss-reactive ketones (excluding diaryl/α,β-unsaturated/α-hetero) is 2. The predicted molar refractivity (Wildman–Crippen MR) is 134 cm³/mol. The average molecular weight is 463 g/mol. The maximum Gasteiger partial charge on any atom is 0.226 e. The summed E-state index contributed by atoms with van der Waals surface area (Å²) in [6.07, 6.45) is 9.34. The molecule has 0 saturated heterocycles. The summed E-state index contributed by atoms with van der Waals surface area (Å²) < 4.78 is 0. The van der Waals surface area contributed by atoms with Crippen LogP contribution in [0.15, 0.2) is 11.8 Å². The Bertz CT molecular complexity index is 1030. The normalized spacial score (nSPS) is 48.0. The van der Waals surface area contributed by atoms with E-state index >= 15 is 0 Å². The first kappa shape index (κ1) is 24.2. The summed E-state index contributed by atoms with van der Waals surface area (Å²) in [5.41, 5.74) is 5.95. The van der Waals surface area contributed by atoms with Crippen LogP contribution >= 0.6 is 0 Å². The summed E-state index contributed by atoms with van der Waals surface area (Å²) in [5.74, 6) is 2.83. The Morgan fingerprint density at radius 3 is 2.24 bits per heavy atom. The lowest BCUT2D eigenvalue weighted by Gasteiger charge is -2.71. The molecule has 2 N–H and O–H groups in total. The molecule has 34 heavy (non-hydrogen) atoms. The van der Waals surface area contributed by atoms with Gasteiger partial charge in [0.1, 0.15) is 5.78 Å². The van der Waals surface area contributed by atoms with E-state index in [1.165, 1.54) is 5.92 Å². The minimum atomic E-state index is -0.584. The molecule has 0 bridgehead atoms. The van der Waals surface area contributed by atoms with Gasteiger partial charge in [0.15, 0.2) is 5.78 Å². The second-order valence-electron chi connectivity index (χ2n) is 14.4. The Hall–Kier alpha value is -1.47. The number of rotatable bonds is 0. The quantitative estimate of drug-likeness (QED) is 0.432. The van der Waals surface area contributed by atoms with E-state index < -0.39 is 5.41 Å². The third-order valence-corrected chi connectivity index (χ3v) is 11.8. The van der Waals surface area contributed by atoms with Crippen molar-refractivity contribution in [1.82, 2.24) is 0 Å². The van der Waals surface area contributed by atoms with Gasteiger partial charge in [-0.25, -0.2) is 4.85 Å². The highest BCUT2D eigenvalue weighted by atomic mass is 16.1. The maximum absolute atomic E-state index is 14.2. The number of carbonyl (C=O) groups excluding carboxylic acids is 2.